The summed E-state index contributed by atoms with van der Waals surface area (Å²) >= 11 is 11.2. The first-order valence-corrected chi connectivity index (χ1v) is 4.93. The molecule has 1 atom stereocenters. The third kappa shape index (κ3) is 3.42. The van der Waals surface area contributed by atoms with Gasteiger partial charge in [0.25, 0.3) is 0 Å². The van der Waals surface area contributed by atoms with Crippen molar-refractivity contribution in [2.24, 2.45) is 0 Å². The Morgan fingerprint density at radius 2 is 1.94 bits per heavy atom. The lowest BCUT2D eigenvalue weighted by Gasteiger charge is -2.14. The standard InChI is InChI=1S/C9H6Cl2F2O4/c10-3-1-4(6(14)8(15)16)7(5(11)2-3)17-9(12)13/h1-2,6,9,14H,(H,15,16)/t6-/m1/s1. The fourth-order valence-corrected chi connectivity index (χ4v) is 1.68. The van der Waals surface area contributed by atoms with Crippen LogP contribution in [0.4, 0.5) is 8.78 Å². The molecule has 94 valence electrons. The van der Waals surface area contributed by atoms with Gasteiger partial charge in [0.05, 0.1) is 5.02 Å². The zero-order valence-corrected chi connectivity index (χ0v) is 9.54. The van der Waals surface area contributed by atoms with Crippen molar-refractivity contribution in [1.82, 2.24) is 0 Å². The van der Waals surface area contributed by atoms with Crippen molar-refractivity contribution in [2.75, 3.05) is 0 Å². The first-order valence-electron chi connectivity index (χ1n) is 4.17. The average Bonchev–Trinajstić information content (AvgIpc) is 2.20. The van der Waals surface area contributed by atoms with E-state index in [-0.39, 0.29) is 10.0 Å². The summed E-state index contributed by atoms with van der Waals surface area (Å²) in [6.45, 7) is -3.20. The molecule has 0 saturated carbocycles. The maximum Gasteiger partial charge on any atom is 0.387 e. The fraction of sp³-hybridized carbons (Fsp3) is 0.222. The number of carbonyl (C=O) groups is 1. The topological polar surface area (TPSA) is 66.8 Å². The van der Waals surface area contributed by atoms with Crippen LogP contribution in [0.25, 0.3) is 0 Å². The van der Waals surface area contributed by atoms with Gasteiger partial charge in [0.1, 0.15) is 0 Å². The first kappa shape index (κ1) is 14.0. The molecule has 0 heterocycles. The number of benzene rings is 1. The lowest BCUT2D eigenvalue weighted by molar-refractivity contribution is -0.147. The first-order chi connectivity index (χ1) is 7.82. The molecule has 17 heavy (non-hydrogen) atoms. The van der Waals surface area contributed by atoms with Crippen molar-refractivity contribution in [3.8, 4) is 5.75 Å². The SMILES string of the molecule is O=C(O)[C@H](O)c1cc(Cl)cc(Cl)c1OC(F)F. The molecule has 0 aromatic heterocycles. The normalized spacial score (nSPS) is 12.6. The minimum atomic E-state index is -3.20. The average molecular weight is 287 g/mol. The van der Waals surface area contributed by atoms with Crippen LogP contribution < -0.4 is 4.74 Å². The van der Waals surface area contributed by atoms with Gasteiger partial charge in [-0.05, 0) is 12.1 Å². The van der Waals surface area contributed by atoms with E-state index in [4.69, 9.17) is 28.3 Å². The molecule has 0 aliphatic carbocycles. The van der Waals surface area contributed by atoms with Crippen molar-refractivity contribution < 1.29 is 28.5 Å². The van der Waals surface area contributed by atoms with E-state index in [1.165, 1.54) is 0 Å². The van der Waals surface area contributed by atoms with E-state index in [2.05, 4.69) is 4.74 Å². The summed E-state index contributed by atoms with van der Waals surface area (Å²) in [6, 6.07) is 2.09. The Bertz CT molecular complexity index is 439. The summed E-state index contributed by atoms with van der Waals surface area (Å²) in [5, 5.41) is 17.6. The number of rotatable bonds is 4. The van der Waals surface area contributed by atoms with Crippen LogP contribution in [0.5, 0.6) is 5.75 Å². The highest BCUT2D eigenvalue weighted by Gasteiger charge is 2.25. The highest BCUT2D eigenvalue weighted by molar-refractivity contribution is 6.35. The molecule has 0 unspecified atom stereocenters. The number of carboxylic acid groups (broad SMARTS) is 1. The third-order valence-electron chi connectivity index (χ3n) is 1.77. The lowest BCUT2D eigenvalue weighted by atomic mass is 10.1. The quantitative estimate of drug-likeness (QED) is 0.893. The number of alkyl halides is 2. The van der Waals surface area contributed by atoms with Crippen LogP contribution in [0.3, 0.4) is 0 Å². The number of carboxylic acids is 1. The molecular weight excluding hydrogens is 281 g/mol. The van der Waals surface area contributed by atoms with Crippen LogP contribution in [-0.2, 0) is 4.79 Å². The molecule has 2 N–H and O–H groups in total. The number of halogens is 4. The van der Waals surface area contributed by atoms with Gasteiger partial charge in [0.15, 0.2) is 11.9 Å². The lowest BCUT2D eigenvalue weighted by Crippen LogP contribution is -2.14. The highest BCUT2D eigenvalue weighted by atomic mass is 35.5. The van der Waals surface area contributed by atoms with E-state index >= 15 is 0 Å². The summed E-state index contributed by atoms with van der Waals surface area (Å²) in [5.41, 5.74) is -0.435. The Labute approximate surface area is 104 Å². The molecule has 0 bridgehead atoms. The van der Waals surface area contributed by atoms with E-state index in [0.717, 1.165) is 12.1 Å². The van der Waals surface area contributed by atoms with Gasteiger partial charge >= 0.3 is 12.6 Å². The molecule has 0 amide bonds. The molecule has 0 aliphatic rings. The van der Waals surface area contributed by atoms with Gasteiger partial charge in [-0.1, -0.05) is 23.2 Å². The summed E-state index contributed by atoms with van der Waals surface area (Å²) in [5.74, 6) is -2.25. The Balaban J connectivity index is 3.29. The van der Waals surface area contributed by atoms with E-state index in [9.17, 15) is 18.7 Å². The van der Waals surface area contributed by atoms with Crippen LogP contribution in [0.1, 0.15) is 11.7 Å². The zero-order chi connectivity index (χ0) is 13.2. The number of aliphatic hydroxyl groups is 1. The maximum absolute atomic E-state index is 12.1. The van der Waals surface area contributed by atoms with Crippen molar-refractivity contribution in [1.29, 1.82) is 0 Å². The summed E-state index contributed by atoms with van der Waals surface area (Å²) in [4.78, 5) is 10.6. The van der Waals surface area contributed by atoms with Crippen molar-refractivity contribution in [3.05, 3.63) is 27.7 Å². The second kappa shape index (κ2) is 5.48. The molecule has 1 aromatic rings. The monoisotopic (exact) mass is 286 g/mol. The van der Waals surface area contributed by atoms with Gasteiger partial charge in [-0.3, -0.25) is 0 Å². The molecule has 1 aromatic carbocycles. The number of ether oxygens (including phenoxy) is 1. The minimum absolute atomic E-state index is 0.00748. The van der Waals surface area contributed by atoms with Crippen LogP contribution in [0.15, 0.2) is 12.1 Å². The Kier molecular flexibility index (Phi) is 4.50. The van der Waals surface area contributed by atoms with Crippen LogP contribution in [0.2, 0.25) is 10.0 Å². The maximum atomic E-state index is 12.1. The van der Waals surface area contributed by atoms with Gasteiger partial charge < -0.3 is 14.9 Å². The number of aliphatic hydroxyl groups excluding tert-OH is 1. The molecule has 0 radical (unpaired) electrons. The van der Waals surface area contributed by atoms with Gasteiger partial charge in [0.2, 0.25) is 0 Å². The number of hydrogen-bond donors (Lipinski definition) is 2. The molecule has 1 rings (SSSR count). The third-order valence-corrected chi connectivity index (χ3v) is 2.27. The van der Waals surface area contributed by atoms with Crippen molar-refractivity contribution in [2.45, 2.75) is 12.7 Å². The number of aliphatic carboxylic acids is 1. The molecule has 0 saturated heterocycles. The summed E-state index contributed by atoms with van der Waals surface area (Å²) in [7, 11) is 0. The summed E-state index contributed by atoms with van der Waals surface area (Å²) in [6.07, 6.45) is -2.06. The van der Waals surface area contributed by atoms with Crippen LogP contribution in [-0.4, -0.2) is 22.8 Å². The summed E-state index contributed by atoms with van der Waals surface area (Å²) < 4.78 is 28.3. The van der Waals surface area contributed by atoms with Gasteiger partial charge in [-0.2, -0.15) is 8.78 Å². The molecule has 8 heteroatoms. The fourth-order valence-electron chi connectivity index (χ4n) is 1.13. The van der Waals surface area contributed by atoms with Crippen LogP contribution >= 0.6 is 23.2 Å². The van der Waals surface area contributed by atoms with E-state index < -0.39 is 30.0 Å². The van der Waals surface area contributed by atoms with Crippen LogP contribution in [0, 0.1) is 0 Å². The Morgan fingerprint density at radius 3 is 2.41 bits per heavy atom. The highest BCUT2D eigenvalue weighted by Crippen LogP contribution is 2.37. The number of hydrogen-bond acceptors (Lipinski definition) is 3. The molecular formula is C9H6Cl2F2O4. The second-order valence-electron chi connectivity index (χ2n) is 2.93. The Morgan fingerprint density at radius 1 is 1.35 bits per heavy atom. The predicted molar refractivity (Wildman–Crippen MR) is 55.7 cm³/mol. The van der Waals surface area contributed by atoms with E-state index in [1.807, 2.05) is 0 Å². The smallest absolute Gasteiger partial charge is 0.387 e. The molecule has 0 fully saturated rings. The van der Waals surface area contributed by atoms with Crippen molar-refractivity contribution >= 4 is 29.2 Å². The molecule has 0 spiro atoms. The Hall–Kier alpha value is -1.11. The molecule has 0 aliphatic heterocycles. The largest absolute Gasteiger partial charge is 0.479 e. The zero-order valence-electron chi connectivity index (χ0n) is 8.03. The van der Waals surface area contributed by atoms with Crippen molar-refractivity contribution in [3.63, 3.8) is 0 Å². The van der Waals surface area contributed by atoms with Gasteiger partial charge in [0, 0.05) is 10.6 Å². The van der Waals surface area contributed by atoms with E-state index in [1.54, 1.807) is 0 Å². The van der Waals surface area contributed by atoms with Gasteiger partial charge in [-0.25, -0.2) is 4.79 Å². The minimum Gasteiger partial charge on any atom is -0.479 e. The predicted octanol–water partition coefficient (Wildman–Crippen LogP) is 2.71. The molecule has 4 nitrogen and oxygen atoms in total. The second-order valence-corrected chi connectivity index (χ2v) is 3.77. The van der Waals surface area contributed by atoms with Gasteiger partial charge in [-0.15, -0.1) is 0 Å². The van der Waals surface area contributed by atoms with E-state index in [0.29, 0.717) is 0 Å².